The number of aliphatic imine (C=N–C) groups is 1. The molecule has 0 aromatic carbocycles. The maximum absolute atomic E-state index is 12.7. The summed E-state index contributed by atoms with van der Waals surface area (Å²) in [6, 6.07) is 9.54. The first-order valence-corrected chi connectivity index (χ1v) is 11.9. The summed E-state index contributed by atoms with van der Waals surface area (Å²) in [7, 11) is -3.35. The molecule has 0 bridgehead atoms. The standard InChI is InChI=1S/C20H30N6O3S/c1-2-21-20(23-10-8-18-6-5-16-29-18)24-11-17-30(27,28)26-14-12-25(13-15-26)19-7-3-4-9-22-19/h3-7,9,16H,2,8,10-15,17H2,1H3,(H2,21,23,24). The summed E-state index contributed by atoms with van der Waals surface area (Å²) in [6.07, 6.45) is 4.13. The SMILES string of the molecule is CCNC(=NCCS(=O)(=O)N1CCN(c2ccccn2)CC1)NCCc1ccco1. The van der Waals surface area contributed by atoms with Gasteiger partial charge in [0.1, 0.15) is 11.6 Å². The number of nitrogens with one attached hydrogen (secondary N) is 2. The summed E-state index contributed by atoms with van der Waals surface area (Å²) < 4.78 is 32.3. The molecule has 3 heterocycles. The number of aromatic nitrogens is 1. The molecule has 164 valence electrons. The van der Waals surface area contributed by atoms with Crippen molar-refractivity contribution in [2.45, 2.75) is 13.3 Å². The largest absolute Gasteiger partial charge is 0.469 e. The van der Waals surface area contributed by atoms with E-state index in [4.69, 9.17) is 4.42 Å². The van der Waals surface area contributed by atoms with E-state index < -0.39 is 10.0 Å². The fraction of sp³-hybridized carbons (Fsp3) is 0.500. The summed E-state index contributed by atoms with van der Waals surface area (Å²) in [4.78, 5) is 10.9. The Hall–Kier alpha value is -2.59. The van der Waals surface area contributed by atoms with Gasteiger partial charge in [-0.1, -0.05) is 6.07 Å². The van der Waals surface area contributed by atoms with Crippen molar-refractivity contribution in [2.75, 3.05) is 56.5 Å². The van der Waals surface area contributed by atoms with Crippen LogP contribution in [0.1, 0.15) is 12.7 Å². The predicted molar refractivity (Wildman–Crippen MR) is 118 cm³/mol. The average Bonchev–Trinajstić information content (AvgIpc) is 3.28. The number of rotatable bonds is 9. The quantitative estimate of drug-likeness (QED) is 0.447. The van der Waals surface area contributed by atoms with Crippen LogP contribution in [0.4, 0.5) is 5.82 Å². The van der Waals surface area contributed by atoms with Crippen LogP contribution in [-0.2, 0) is 16.4 Å². The minimum absolute atomic E-state index is 0.00859. The number of guanidine groups is 1. The van der Waals surface area contributed by atoms with Gasteiger partial charge in [-0.3, -0.25) is 4.99 Å². The summed E-state index contributed by atoms with van der Waals surface area (Å²) >= 11 is 0. The molecule has 0 radical (unpaired) electrons. The number of piperazine rings is 1. The molecule has 0 saturated carbocycles. The molecule has 0 aliphatic carbocycles. The molecule has 1 saturated heterocycles. The van der Waals surface area contributed by atoms with Crippen molar-refractivity contribution < 1.29 is 12.8 Å². The van der Waals surface area contributed by atoms with Crippen LogP contribution in [0.2, 0.25) is 0 Å². The van der Waals surface area contributed by atoms with Gasteiger partial charge >= 0.3 is 0 Å². The molecule has 1 fully saturated rings. The second-order valence-corrected chi connectivity index (χ2v) is 9.00. The van der Waals surface area contributed by atoms with Crippen LogP contribution in [-0.4, -0.2) is 75.2 Å². The van der Waals surface area contributed by atoms with Crippen LogP contribution in [0.3, 0.4) is 0 Å². The Labute approximate surface area is 178 Å². The summed E-state index contributed by atoms with van der Waals surface area (Å²) in [5.74, 6) is 2.38. The minimum Gasteiger partial charge on any atom is -0.469 e. The van der Waals surface area contributed by atoms with E-state index in [1.54, 1.807) is 16.8 Å². The lowest BCUT2D eigenvalue weighted by Gasteiger charge is -2.34. The third kappa shape index (κ3) is 6.46. The highest BCUT2D eigenvalue weighted by Crippen LogP contribution is 2.14. The molecule has 0 unspecified atom stereocenters. The van der Waals surface area contributed by atoms with Gasteiger partial charge in [0, 0.05) is 51.9 Å². The Balaban J connectivity index is 1.45. The number of anilines is 1. The summed E-state index contributed by atoms with van der Waals surface area (Å²) in [6.45, 7) is 5.73. The Morgan fingerprint density at radius 3 is 2.67 bits per heavy atom. The van der Waals surface area contributed by atoms with Gasteiger partial charge in [-0.15, -0.1) is 0 Å². The molecule has 3 rings (SSSR count). The van der Waals surface area contributed by atoms with E-state index in [1.807, 2.05) is 37.3 Å². The van der Waals surface area contributed by atoms with Crippen molar-refractivity contribution in [3.05, 3.63) is 48.6 Å². The van der Waals surface area contributed by atoms with Crippen LogP contribution in [0.25, 0.3) is 0 Å². The first-order valence-electron chi connectivity index (χ1n) is 10.3. The van der Waals surface area contributed by atoms with Gasteiger partial charge in [0.2, 0.25) is 10.0 Å². The van der Waals surface area contributed by atoms with Gasteiger partial charge in [0.25, 0.3) is 0 Å². The highest BCUT2D eigenvalue weighted by atomic mass is 32.2. The molecular weight excluding hydrogens is 404 g/mol. The van der Waals surface area contributed by atoms with E-state index in [0.29, 0.717) is 45.2 Å². The third-order valence-electron chi connectivity index (χ3n) is 4.81. The first-order chi connectivity index (χ1) is 14.6. The third-order valence-corrected chi connectivity index (χ3v) is 6.66. The maximum Gasteiger partial charge on any atom is 0.216 e. The van der Waals surface area contributed by atoms with E-state index in [-0.39, 0.29) is 12.3 Å². The first kappa shape index (κ1) is 22.1. The van der Waals surface area contributed by atoms with Gasteiger partial charge < -0.3 is 20.0 Å². The monoisotopic (exact) mass is 434 g/mol. The molecular formula is C20H30N6O3S. The molecule has 30 heavy (non-hydrogen) atoms. The molecule has 2 aromatic heterocycles. The number of sulfonamides is 1. The number of furan rings is 1. The zero-order chi connectivity index (χ0) is 21.2. The lowest BCUT2D eigenvalue weighted by molar-refractivity contribution is 0.384. The second kappa shape index (κ2) is 11.0. The highest BCUT2D eigenvalue weighted by molar-refractivity contribution is 7.89. The molecule has 2 aromatic rings. The molecule has 0 spiro atoms. The van der Waals surface area contributed by atoms with E-state index in [2.05, 4.69) is 25.5 Å². The molecule has 1 aliphatic rings. The van der Waals surface area contributed by atoms with Gasteiger partial charge in [-0.25, -0.2) is 13.4 Å². The van der Waals surface area contributed by atoms with E-state index in [1.165, 1.54) is 0 Å². The molecule has 0 atom stereocenters. The molecule has 1 aliphatic heterocycles. The normalized spacial score (nSPS) is 15.9. The number of nitrogens with zero attached hydrogens (tertiary/aromatic N) is 4. The van der Waals surface area contributed by atoms with Crippen molar-refractivity contribution in [2.24, 2.45) is 4.99 Å². The fourth-order valence-corrected chi connectivity index (χ4v) is 4.54. The lowest BCUT2D eigenvalue weighted by Crippen LogP contribution is -2.49. The van der Waals surface area contributed by atoms with Crippen LogP contribution in [0, 0.1) is 0 Å². The fourth-order valence-electron chi connectivity index (χ4n) is 3.24. The van der Waals surface area contributed by atoms with Crippen molar-refractivity contribution in [1.29, 1.82) is 0 Å². The van der Waals surface area contributed by atoms with Gasteiger partial charge in [0.15, 0.2) is 5.96 Å². The lowest BCUT2D eigenvalue weighted by atomic mass is 10.3. The second-order valence-electron chi connectivity index (χ2n) is 6.91. The van der Waals surface area contributed by atoms with Gasteiger partial charge in [-0.2, -0.15) is 4.31 Å². The zero-order valence-electron chi connectivity index (χ0n) is 17.3. The molecule has 2 N–H and O–H groups in total. The Kier molecular flexibility index (Phi) is 8.09. The molecule has 9 nitrogen and oxygen atoms in total. The van der Waals surface area contributed by atoms with Gasteiger partial charge in [0.05, 0.1) is 18.6 Å². The maximum atomic E-state index is 12.7. The Bertz CT molecular complexity index is 879. The summed E-state index contributed by atoms with van der Waals surface area (Å²) in [5, 5.41) is 6.34. The number of pyridine rings is 1. The average molecular weight is 435 g/mol. The van der Waals surface area contributed by atoms with E-state index in [0.717, 1.165) is 18.0 Å². The Morgan fingerprint density at radius 1 is 1.17 bits per heavy atom. The van der Waals surface area contributed by atoms with Crippen LogP contribution < -0.4 is 15.5 Å². The smallest absolute Gasteiger partial charge is 0.216 e. The van der Waals surface area contributed by atoms with Crippen molar-refractivity contribution in [1.82, 2.24) is 19.9 Å². The number of hydrogen-bond donors (Lipinski definition) is 2. The molecule has 0 amide bonds. The van der Waals surface area contributed by atoms with Crippen molar-refractivity contribution in [3.63, 3.8) is 0 Å². The zero-order valence-corrected chi connectivity index (χ0v) is 18.1. The van der Waals surface area contributed by atoms with E-state index in [9.17, 15) is 8.42 Å². The van der Waals surface area contributed by atoms with Crippen LogP contribution >= 0.6 is 0 Å². The predicted octanol–water partition coefficient (Wildman–Crippen LogP) is 0.924. The van der Waals surface area contributed by atoms with Crippen LogP contribution in [0.5, 0.6) is 0 Å². The Morgan fingerprint density at radius 2 is 2.00 bits per heavy atom. The number of hydrogen-bond acceptors (Lipinski definition) is 6. The minimum atomic E-state index is -3.35. The van der Waals surface area contributed by atoms with Crippen molar-refractivity contribution >= 4 is 21.8 Å². The molecule has 10 heteroatoms. The van der Waals surface area contributed by atoms with Crippen LogP contribution in [0.15, 0.2) is 52.2 Å². The topological polar surface area (TPSA) is 103 Å². The van der Waals surface area contributed by atoms with Gasteiger partial charge in [-0.05, 0) is 31.2 Å². The van der Waals surface area contributed by atoms with E-state index >= 15 is 0 Å². The van der Waals surface area contributed by atoms with Crippen molar-refractivity contribution in [3.8, 4) is 0 Å². The summed E-state index contributed by atoms with van der Waals surface area (Å²) in [5.41, 5.74) is 0. The highest BCUT2D eigenvalue weighted by Gasteiger charge is 2.27.